The molecule has 1 aromatic carbocycles. The molecule has 0 saturated heterocycles. The highest BCUT2D eigenvalue weighted by molar-refractivity contribution is 5.85. The van der Waals surface area contributed by atoms with Crippen LogP contribution in [0, 0.1) is 5.92 Å². The van der Waals surface area contributed by atoms with E-state index in [1.165, 1.54) is 23.4 Å². The molecule has 0 amide bonds. The van der Waals surface area contributed by atoms with Crippen LogP contribution in [0.1, 0.15) is 29.8 Å². The van der Waals surface area contributed by atoms with Crippen LogP contribution in [0.5, 0.6) is 0 Å². The molecule has 0 spiro atoms. The smallest absolute Gasteiger partial charge is 0.0925 e. The zero-order valence-electron chi connectivity index (χ0n) is 11.5. The number of hydrogen-bond acceptors (Lipinski definition) is 2. The van der Waals surface area contributed by atoms with Crippen molar-refractivity contribution in [1.29, 1.82) is 0 Å². The average Bonchev–Trinajstić information content (AvgIpc) is 2.92. The number of aromatic amines is 1. The summed E-state index contributed by atoms with van der Waals surface area (Å²) in [6.07, 6.45) is 6.45. The first-order valence-electron chi connectivity index (χ1n) is 7.04. The molecule has 1 N–H and O–H groups in total. The van der Waals surface area contributed by atoms with Crippen LogP contribution >= 0.6 is 12.4 Å². The van der Waals surface area contributed by atoms with E-state index >= 15 is 0 Å². The molecular formula is C16H21ClN2O. The zero-order chi connectivity index (χ0) is 12.9. The second-order valence-corrected chi connectivity index (χ2v) is 5.26. The van der Waals surface area contributed by atoms with Gasteiger partial charge in [0, 0.05) is 12.3 Å². The largest absolute Gasteiger partial charge is 0.377 e. The maximum Gasteiger partial charge on any atom is 0.0925 e. The van der Waals surface area contributed by atoms with E-state index in [1.807, 2.05) is 12.4 Å². The van der Waals surface area contributed by atoms with Gasteiger partial charge in [-0.2, -0.15) is 0 Å². The zero-order valence-corrected chi connectivity index (χ0v) is 12.4. The second kappa shape index (κ2) is 7.46. The molecule has 1 aliphatic carbocycles. The summed E-state index contributed by atoms with van der Waals surface area (Å²) in [6.45, 7) is 1.57. The molecule has 0 saturated carbocycles. The topological polar surface area (TPSA) is 37.9 Å². The standard InChI is InChI=1S/C16H20N2O.ClH/c1-2-4-14(5-3-1)11-19-9-8-13-6-7-15-16(10-13)18-12-17-15;/h1-5,12-13H,6-11H2,(H,17,18);1H. The fraction of sp³-hybridized carbons (Fsp3) is 0.438. The van der Waals surface area contributed by atoms with Crippen LogP contribution < -0.4 is 0 Å². The molecule has 108 valence electrons. The number of aromatic nitrogens is 2. The molecule has 20 heavy (non-hydrogen) atoms. The van der Waals surface area contributed by atoms with Crippen LogP contribution in [-0.2, 0) is 24.2 Å². The molecular weight excluding hydrogens is 272 g/mol. The predicted octanol–water partition coefficient (Wildman–Crippen LogP) is 3.54. The number of ether oxygens (including phenoxy) is 1. The van der Waals surface area contributed by atoms with Crippen LogP contribution in [0.3, 0.4) is 0 Å². The van der Waals surface area contributed by atoms with Crippen LogP contribution in [-0.4, -0.2) is 16.6 Å². The Bertz CT molecular complexity index is 512. The summed E-state index contributed by atoms with van der Waals surface area (Å²) >= 11 is 0. The number of nitrogens with one attached hydrogen (secondary N) is 1. The van der Waals surface area contributed by atoms with Gasteiger partial charge in [0.05, 0.1) is 18.6 Å². The Hall–Kier alpha value is -1.32. The summed E-state index contributed by atoms with van der Waals surface area (Å²) in [4.78, 5) is 7.61. The van der Waals surface area contributed by atoms with E-state index in [-0.39, 0.29) is 12.4 Å². The number of rotatable bonds is 5. The molecule has 1 atom stereocenters. The fourth-order valence-corrected chi connectivity index (χ4v) is 2.73. The number of imidazole rings is 1. The van der Waals surface area contributed by atoms with Gasteiger partial charge in [-0.25, -0.2) is 4.98 Å². The summed E-state index contributed by atoms with van der Waals surface area (Å²) in [6, 6.07) is 10.4. The number of H-pyrrole nitrogens is 1. The van der Waals surface area contributed by atoms with Crippen molar-refractivity contribution in [2.75, 3.05) is 6.61 Å². The minimum absolute atomic E-state index is 0. The summed E-state index contributed by atoms with van der Waals surface area (Å²) < 4.78 is 5.76. The number of fused-ring (bicyclic) bond motifs is 1. The minimum Gasteiger partial charge on any atom is -0.377 e. The van der Waals surface area contributed by atoms with Gasteiger partial charge >= 0.3 is 0 Å². The minimum atomic E-state index is 0. The number of halogens is 1. The number of nitrogens with zero attached hydrogens (tertiary/aromatic N) is 1. The first kappa shape index (κ1) is 15.1. The number of aryl methyl sites for hydroxylation is 1. The van der Waals surface area contributed by atoms with E-state index in [0.717, 1.165) is 38.4 Å². The Morgan fingerprint density at radius 3 is 2.95 bits per heavy atom. The molecule has 1 aromatic heterocycles. The van der Waals surface area contributed by atoms with Gasteiger partial charge in [0.15, 0.2) is 0 Å². The van der Waals surface area contributed by atoms with Gasteiger partial charge in [-0.05, 0) is 37.2 Å². The summed E-state index contributed by atoms with van der Waals surface area (Å²) in [7, 11) is 0. The average molecular weight is 293 g/mol. The van der Waals surface area contributed by atoms with Gasteiger partial charge in [-0.3, -0.25) is 0 Å². The molecule has 2 aromatic rings. The molecule has 0 bridgehead atoms. The Morgan fingerprint density at radius 1 is 1.25 bits per heavy atom. The molecule has 0 aliphatic heterocycles. The van der Waals surface area contributed by atoms with Crippen molar-refractivity contribution in [3.63, 3.8) is 0 Å². The Morgan fingerprint density at radius 2 is 2.10 bits per heavy atom. The number of benzene rings is 1. The molecule has 4 heteroatoms. The van der Waals surface area contributed by atoms with E-state index < -0.39 is 0 Å². The SMILES string of the molecule is Cl.c1ccc(COCCC2CCc3[nH]cnc3C2)cc1. The van der Waals surface area contributed by atoms with Crippen LogP contribution in [0.25, 0.3) is 0 Å². The number of hydrogen-bond donors (Lipinski definition) is 1. The van der Waals surface area contributed by atoms with Gasteiger partial charge in [0.25, 0.3) is 0 Å². The van der Waals surface area contributed by atoms with Gasteiger partial charge in [0.1, 0.15) is 0 Å². The van der Waals surface area contributed by atoms with Crippen LogP contribution in [0.2, 0.25) is 0 Å². The third-order valence-corrected chi connectivity index (χ3v) is 3.87. The van der Waals surface area contributed by atoms with Gasteiger partial charge in [-0.15, -0.1) is 12.4 Å². The monoisotopic (exact) mass is 292 g/mol. The van der Waals surface area contributed by atoms with Crippen molar-refractivity contribution in [3.8, 4) is 0 Å². The summed E-state index contributed by atoms with van der Waals surface area (Å²) in [5.41, 5.74) is 3.85. The Balaban J connectivity index is 0.00000147. The van der Waals surface area contributed by atoms with E-state index in [2.05, 4.69) is 34.2 Å². The normalized spacial score (nSPS) is 17.3. The Labute approximate surface area is 126 Å². The highest BCUT2D eigenvalue weighted by Crippen LogP contribution is 2.25. The Kier molecular flexibility index (Phi) is 5.62. The summed E-state index contributed by atoms with van der Waals surface area (Å²) in [5, 5.41) is 0. The van der Waals surface area contributed by atoms with Crippen LogP contribution in [0.15, 0.2) is 36.7 Å². The van der Waals surface area contributed by atoms with Crippen molar-refractivity contribution in [2.24, 2.45) is 5.92 Å². The van der Waals surface area contributed by atoms with Crippen molar-refractivity contribution < 1.29 is 4.74 Å². The summed E-state index contributed by atoms with van der Waals surface area (Å²) in [5.74, 6) is 0.728. The second-order valence-electron chi connectivity index (χ2n) is 5.26. The molecule has 1 aliphatic rings. The lowest BCUT2D eigenvalue weighted by Crippen LogP contribution is -2.16. The lowest BCUT2D eigenvalue weighted by Gasteiger charge is -2.21. The van der Waals surface area contributed by atoms with Gasteiger partial charge < -0.3 is 9.72 Å². The lowest BCUT2D eigenvalue weighted by atomic mass is 9.88. The van der Waals surface area contributed by atoms with Crippen molar-refractivity contribution in [3.05, 3.63) is 53.6 Å². The quantitative estimate of drug-likeness (QED) is 0.856. The van der Waals surface area contributed by atoms with E-state index in [1.54, 1.807) is 0 Å². The molecule has 0 fully saturated rings. The predicted molar refractivity (Wildman–Crippen MR) is 82.1 cm³/mol. The van der Waals surface area contributed by atoms with Crippen LogP contribution in [0.4, 0.5) is 0 Å². The lowest BCUT2D eigenvalue weighted by molar-refractivity contribution is 0.105. The van der Waals surface area contributed by atoms with Crippen molar-refractivity contribution in [1.82, 2.24) is 9.97 Å². The third-order valence-electron chi connectivity index (χ3n) is 3.87. The first-order valence-corrected chi connectivity index (χ1v) is 7.04. The highest BCUT2D eigenvalue weighted by atomic mass is 35.5. The van der Waals surface area contributed by atoms with E-state index in [9.17, 15) is 0 Å². The fourth-order valence-electron chi connectivity index (χ4n) is 2.73. The van der Waals surface area contributed by atoms with Gasteiger partial charge in [0.2, 0.25) is 0 Å². The molecule has 3 nitrogen and oxygen atoms in total. The van der Waals surface area contributed by atoms with Gasteiger partial charge in [-0.1, -0.05) is 30.3 Å². The van der Waals surface area contributed by atoms with Crippen molar-refractivity contribution in [2.45, 2.75) is 32.3 Å². The maximum absolute atomic E-state index is 5.76. The molecule has 1 heterocycles. The van der Waals surface area contributed by atoms with Crippen molar-refractivity contribution >= 4 is 12.4 Å². The first-order chi connectivity index (χ1) is 9.42. The van der Waals surface area contributed by atoms with E-state index in [4.69, 9.17) is 4.74 Å². The molecule has 3 rings (SSSR count). The molecule has 0 radical (unpaired) electrons. The highest BCUT2D eigenvalue weighted by Gasteiger charge is 2.20. The maximum atomic E-state index is 5.76. The molecule has 1 unspecified atom stereocenters. The van der Waals surface area contributed by atoms with E-state index in [0.29, 0.717) is 0 Å². The third kappa shape index (κ3) is 3.84.